The molecule has 4 bridgehead atoms. The molecule has 0 amide bonds. The van der Waals surface area contributed by atoms with Gasteiger partial charge in [-0.25, -0.2) is 4.79 Å². The molecule has 0 aliphatic carbocycles. The van der Waals surface area contributed by atoms with Crippen LogP contribution in [0.4, 0.5) is 0 Å². The second-order valence-electron chi connectivity index (χ2n) is 12.8. The van der Waals surface area contributed by atoms with Crippen LogP contribution in [0, 0.1) is 0 Å². The average molecular weight is 516 g/mol. The average Bonchev–Trinajstić information content (AvgIpc) is 3.24. The zero-order valence-electron chi connectivity index (χ0n) is 24.2. The Balaban J connectivity index is 1.68. The number of hydrogen-bond acceptors (Lipinski definition) is 3. The van der Waals surface area contributed by atoms with Crippen LogP contribution < -0.4 is 0 Å². The van der Waals surface area contributed by atoms with Crippen molar-refractivity contribution >= 4 is 25.1 Å². The third-order valence-corrected chi connectivity index (χ3v) is 10.4. The van der Waals surface area contributed by atoms with Crippen LogP contribution in [0.15, 0.2) is 35.9 Å². The van der Waals surface area contributed by atoms with Crippen molar-refractivity contribution < 1.29 is 14.2 Å². The zero-order valence-corrected chi connectivity index (χ0v) is 24.2. The summed E-state index contributed by atoms with van der Waals surface area (Å²) < 4.78 is 13.1. The fraction of sp³-hybridized carbons (Fsp3) is 0.727. The highest BCUT2D eigenvalue weighted by Gasteiger charge is 2.48. The molecular weight excluding hydrogens is 466 g/mol. The first-order valence-electron chi connectivity index (χ1n) is 16.3. The number of carbonyl (C=O) groups excluding carboxylic acids is 1. The van der Waals surface area contributed by atoms with Crippen molar-refractivity contribution in [3.05, 3.63) is 41.5 Å². The summed E-state index contributed by atoms with van der Waals surface area (Å²) in [4.78, 5) is 14.3. The number of fused-ring (bicyclic) bond motifs is 5. The summed E-state index contributed by atoms with van der Waals surface area (Å²) in [5.41, 5.74) is 3.62. The summed E-state index contributed by atoms with van der Waals surface area (Å²) >= 11 is 0. The van der Waals surface area contributed by atoms with Gasteiger partial charge in [0.05, 0.1) is 6.61 Å². The summed E-state index contributed by atoms with van der Waals surface area (Å²) in [7, 11) is 0. The SMILES string of the molecule is CCCCCC(B1OC2CCCC1CCC2)/C(C(=O)OCC)=C(\B1C2CCCC1CCC2)c1ccccc1. The Morgan fingerprint density at radius 2 is 1.47 bits per heavy atom. The Morgan fingerprint density at radius 1 is 0.868 bits per heavy atom. The van der Waals surface area contributed by atoms with E-state index >= 15 is 0 Å². The molecule has 4 aliphatic rings. The quantitative estimate of drug-likeness (QED) is 0.135. The molecule has 1 aromatic carbocycles. The lowest BCUT2D eigenvalue weighted by Crippen LogP contribution is -2.40. The van der Waals surface area contributed by atoms with E-state index in [9.17, 15) is 4.79 Å². The van der Waals surface area contributed by atoms with Gasteiger partial charge in [-0.05, 0) is 37.0 Å². The number of ether oxygens (including phenoxy) is 1. The van der Waals surface area contributed by atoms with Crippen LogP contribution in [0.3, 0.4) is 0 Å². The van der Waals surface area contributed by atoms with Gasteiger partial charge in [0.2, 0.25) is 0 Å². The largest absolute Gasteiger partial charge is 0.463 e. The molecule has 1 aromatic rings. The van der Waals surface area contributed by atoms with Gasteiger partial charge in [-0.15, -0.1) is 0 Å². The van der Waals surface area contributed by atoms with Crippen LogP contribution in [-0.2, 0) is 14.2 Å². The van der Waals surface area contributed by atoms with E-state index in [4.69, 9.17) is 9.39 Å². The van der Waals surface area contributed by atoms with E-state index in [2.05, 4.69) is 37.3 Å². The molecule has 0 spiro atoms. The van der Waals surface area contributed by atoms with Gasteiger partial charge in [0, 0.05) is 11.7 Å². The van der Waals surface area contributed by atoms with Crippen LogP contribution in [0.2, 0.25) is 23.3 Å². The first-order valence-corrected chi connectivity index (χ1v) is 16.3. The van der Waals surface area contributed by atoms with E-state index in [1.807, 2.05) is 6.92 Å². The summed E-state index contributed by atoms with van der Waals surface area (Å²) in [5, 5.41) is 0. The van der Waals surface area contributed by atoms with Gasteiger partial charge in [-0.3, -0.25) is 0 Å². The summed E-state index contributed by atoms with van der Waals surface area (Å²) in [5.74, 6) is 2.00. The molecule has 4 fully saturated rings. The van der Waals surface area contributed by atoms with Crippen LogP contribution in [-0.4, -0.2) is 32.3 Å². The van der Waals surface area contributed by atoms with Crippen LogP contribution in [0.5, 0.6) is 0 Å². The second kappa shape index (κ2) is 13.7. The minimum atomic E-state index is -0.0566. The van der Waals surface area contributed by atoms with Gasteiger partial charge in [-0.1, -0.05) is 144 Å². The van der Waals surface area contributed by atoms with Gasteiger partial charge >= 0.3 is 12.9 Å². The molecule has 0 saturated carbocycles. The Kier molecular flexibility index (Phi) is 10.1. The lowest BCUT2D eigenvalue weighted by Gasteiger charge is -2.43. The summed E-state index contributed by atoms with van der Waals surface area (Å²) in [6.45, 7) is 5.29. The zero-order chi connectivity index (χ0) is 26.3. The molecule has 4 aliphatic heterocycles. The first kappa shape index (κ1) is 28.1. The fourth-order valence-corrected chi connectivity index (χ4v) is 8.78. The van der Waals surface area contributed by atoms with E-state index < -0.39 is 0 Å². The van der Waals surface area contributed by atoms with Gasteiger partial charge < -0.3 is 9.39 Å². The molecule has 0 aromatic heterocycles. The Hall–Kier alpha value is -1.48. The van der Waals surface area contributed by atoms with E-state index in [1.165, 1.54) is 101 Å². The predicted octanol–water partition coefficient (Wildman–Crippen LogP) is 9.21. The maximum atomic E-state index is 14.3. The normalized spacial score (nSPS) is 28.8. The van der Waals surface area contributed by atoms with E-state index in [0.717, 1.165) is 18.4 Å². The van der Waals surface area contributed by atoms with Crippen LogP contribution >= 0.6 is 0 Å². The van der Waals surface area contributed by atoms with Crippen molar-refractivity contribution in [2.45, 2.75) is 146 Å². The topological polar surface area (TPSA) is 35.5 Å². The highest BCUT2D eigenvalue weighted by atomic mass is 16.5. The third kappa shape index (κ3) is 6.29. The van der Waals surface area contributed by atoms with Crippen molar-refractivity contribution in [1.29, 1.82) is 0 Å². The molecule has 206 valence electrons. The summed E-state index contributed by atoms with van der Waals surface area (Å²) in [6.07, 6.45) is 20.3. The lowest BCUT2D eigenvalue weighted by molar-refractivity contribution is -0.138. The maximum absolute atomic E-state index is 14.3. The Labute approximate surface area is 233 Å². The first-order chi connectivity index (χ1) is 18.7. The minimum Gasteiger partial charge on any atom is -0.463 e. The minimum absolute atomic E-state index is 0.0566. The number of unbranched alkanes of at least 4 members (excludes halogenated alkanes) is 2. The molecule has 5 rings (SSSR count). The summed E-state index contributed by atoms with van der Waals surface area (Å²) in [6, 6.07) is 11.0. The van der Waals surface area contributed by atoms with Gasteiger partial charge in [-0.2, -0.15) is 0 Å². The third-order valence-electron chi connectivity index (χ3n) is 10.4. The van der Waals surface area contributed by atoms with Crippen molar-refractivity contribution in [3.8, 4) is 0 Å². The molecule has 5 heteroatoms. The number of benzene rings is 1. The molecule has 0 N–H and O–H groups in total. The molecule has 0 radical (unpaired) electrons. The highest BCUT2D eigenvalue weighted by Crippen LogP contribution is 2.54. The van der Waals surface area contributed by atoms with Crippen molar-refractivity contribution in [3.63, 3.8) is 0 Å². The number of hydrogen-bond donors (Lipinski definition) is 0. The Morgan fingerprint density at radius 3 is 2.08 bits per heavy atom. The molecular formula is C33H50B2O3. The molecule has 1 unspecified atom stereocenters. The van der Waals surface area contributed by atoms with Crippen LogP contribution in [0.1, 0.15) is 122 Å². The molecule has 4 heterocycles. The van der Waals surface area contributed by atoms with Crippen molar-refractivity contribution in [2.24, 2.45) is 0 Å². The lowest BCUT2D eigenvalue weighted by atomic mass is 9.22. The molecule has 38 heavy (non-hydrogen) atoms. The van der Waals surface area contributed by atoms with Crippen molar-refractivity contribution in [1.82, 2.24) is 0 Å². The fourth-order valence-electron chi connectivity index (χ4n) is 8.78. The van der Waals surface area contributed by atoms with Gasteiger partial charge in [0.15, 0.2) is 6.71 Å². The number of rotatable bonds is 10. The Bertz CT molecular complexity index is 899. The predicted molar refractivity (Wildman–Crippen MR) is 161 cm³/mol. The maximum Gasteiger partial charge on any atom is 0.333 e. The van der Waals surface area contributed by atoms with Gasteiger partial charge in [0.1, 0.15) is 0 Å². The molecule has 1 atom stereocenters. The number of carbonyl (C=O) groups is 1. The monoisotopic (exact) mass is 516 g/mol. The van der Waals surface area contributed by atoms with E-state index in [0.29, 0.717) is 36.9 Å². The van der Waals surface area contributed by atoms with Crippen LogP contribution in [0.25, 0.3) is 5.47 Å². The molecule has 4 saturated heterocycles. The number of esters is 1. The van der Waals surface area contributed by atoms with E-state index in [-0.39, 0.29) is 18.7 Å². The highest BCUT2D eigenvalue weighted by molar-refractivity contribution is 6.83. The second-order valence-corrected chi connectivity index (χ2v) is 12.8. The van der Waals surface area contributed by atoms with Gasteiger partial charge in [0.25, 0.3) is 0 Å². The van der Waals surface area contributed by atoms with E-state index in [1.54, 1.807) is 0 Å². The smallest absolute Gasteiger partial charge is 0.333 e. The standard InChI is InChI=1S/C33H50B2O3/c1-3-5-7-24-30(35-28-20-12-22-29(38-35)23-13-21-28)31(33(36)37-4-2)32(25-14-8-6-9-15-25)34-26-16-10-17-27(34)19-11-18-26/h6,8-9,14-15,26-30H,3-5,7,10-13,16-24H2,1-2H3/b32-31+. The van der Waals surface area contributed by atoms with Crippen molar-refractivity contribution in [2.75, 3.05) is 6.61 Å². The molecule has 3 nitrogen and oxygen atoms in total.